The van der Waals surface area contributed by atoms with Gasteiger partial charge in [-0.2, -0.15) is 0 Å². The van der Waals surface area contributed by atoms with Gasteiger partial charge in [-0.1, -0.05) is 12.8 Å². The van der Waals surface area contributed by atoms with Gasteiger partial charge in [0, 0.05) is 31.5 Å². The number of aromatic nitrogens is 2. The molecular formula is C14H24N4. The molecule has 0 amide bonds. The van der Waals surface area contributed by atoms with Crippen molar-refractivity contribution in [3.63, 3.8) is 0 Å². The molecule has 4 nitrogen and oxygen atoms in total. The van der Waals surface area contributed by atoms with Gasteiger partial charge in [-0.15, -0.1) is 0 Å². The number of aromatic amines is 1. The predicted octanol–water partition coefficient (Wildman–Crippen LogP) is 1.86. The van der Waals surface area contributed by atoms with Gasteiger partial charge in [0.15, 0.2) is 0 Å². The number of nitrogens with zero attached hydrogens (tertiary/aromatic N) is 3. The average Bonchev–Trinajstić information content (AvgIpc) is 3.02. The number of hydrogen-bond acceptors (Lipinski definition) is 3. The molecule has 0 radical (unpaired) electrons. The minimum Gasteiger partial charge on any atom is -0.348 e. The highest BCUT2D eigenvalue weighted by atomic mass is 15.2. The molecule has 0 aromatic carbocycles. The van der Waals surface area contributed by atoms with Crippen molar-refractivity contribution in [3.05, 3.63) is 18.2 Å². The molecule has 0 atom stereocenters. The van der Waals surface area contributed by atoms with Crippen LogP contribution in [0.25, 0.3) is 0 Å². The Labute approximate surface area is 109 Å². The van der Waals surface area contributed by atoms with E-state index in [1.807, 2.05) is 12.4 Å². The summed E-state index contributed by atoms with van der Waals surface area (Å²) < 4.78 is 0. The summed E-state index contributed by atoms with van der Waals surface area (Å²) in [5.41, 5.74) is 0. The van der Waals surface area contributed by atoms with Crippen LogP contribution in [0.3, 0.4) is 0 Å². The van der Waals surface area contributed by atoms with E-state index in [0.29, 0.717) is 0 Å². The molecule has 4 heteroatoms. The third-order valence-electron chi connectivity index (χ3n) is 4.39. The van der Waals surface area contributed by atoms with Crippen LogP contribution in [0.4, 0.5) is 0 Å². The lowest BCUT2D eigenvalue weighted by molar-refractivity contribution is 0.197. The number of nitrogens with one attached hydrogen (secondary N) is 1. The second kappa shape index (κ2) is 5.85. The van der Waals surface area contributed by atoms with Crippen molar-refractivity contribution in [3.8, 4) is 0 Å². The van der Waals surface area contributed by atoms with Crippen molar-refractivity contribution in [2.75, 3.05) is 26.2 Å². The van der Waals surface area contributed by atoms with E-state index >= 15 is 0 Å². The lowest BCUT2D eigenvalue weighted by Gasteiger charge is -2.27. The van der Waals surface area contributed by atoms with E-state index < -0.39 is 0 Å². The lowest BCUT2D eigenvalue weighted by atomic mass is 10.2. The fourth-order valence-electron chi connectivity index (χ4n) is 3.38. The van der Waals surface area contributed by atoms with Gasteiger partial charge in [0.1, 0.15) is 5.82 Å². The normalized spacial score (nSPS) is 24.4. The largest absolute Gasteiger partial charge is 0.348 e. The van der Waals surface area contributed by atoms with Crippen molar-refractivity contribution in [1.82, 2.24) is 19.8 Å². The van der Waals surface area contributed by atoms with Gasteiger partial charge in [0.05, 0.1) is 6.54 Å². The zero-order valence-electron chi connectivity index (χ0n) is 11.1. The predicted molar refractivity (Wildman–Crippen MR) is 72.3 cm³/mol. The van der Waals surface area contributed by atoms with Crippen LogP contribution in [0.1, 0.15) is 37.9 Å². The Morgan fingerprint density at radius 3 is 2.78 bits per heavy atom. The molecule has 0 unspecified atom stereocenters. The summed E-state index contributed by atoms with van der Waals surface area (Å²) in [5, 5.41) is 0. The average molecular weight is 248 g/mol. The highest BCUT2D eigenvalue weighted by Gasteiger charge is 2.24. The Kier molecular flexibility index (Phi) is 3.96. The van der Waals surface area contributed by atoms with E-state index in [1.165, 1.54) is 58.3 Å². The maximum atomic E-state index is 4.33. The van der Waals surface area contributed by atoms with Crippen molar-refractivity contribution < 1.29 is 0 Å². The maximum absolute atomic E-state index is 4.33. The van der Waals surface area contributed by atoms with Crippen molar-refractivity contribution in [2.45, 2.75) is 44.7 Å². The Hall–Kier alpha value is -0.870. The molecule has 1 aromatic rings. The second-order valence-electron chi connectivity index (χ2n) is 5.64. The summed E-state index contributed by atoms with van der Waals surface area (Å²) in [6.07, 6.45) is 10.8. The van der Waals surface area contributed by atoms with Gasteiger partial charge in [0.2, 0.25) is 0 Å². The van der Waals surface area contributed by atoms with Gasteiger partial charge < -0.3 is 4.98 Å². The monoisotopic (exact) mass is 248 g/mol. The van der Waals surface area contributed by atoms with Crippen LogP contribution >= 0.6 is 0 Å². The van der Waals surface area contributed by atoms with Crippen LogP contribution in [-0.2, 0) is 6.54 Å². The van der Waals surface area contributed by atoms with Crippen LogP contribution in [0, 0.1) is 0 Å². The van der Waals surface area contributed by atoms with Gasteiger partial charge in [-0.05, 0) is 32.4 Å². The summed E-state index contributed by atoms with van der Waals surface area (Å²) in [7, 11) is 0. The molecule has 1 saturated heterocycles. The van der Waals surface area contributed by atoms with E-state index in [9.17, 15) is 0 Å². The molecule has 1 aromatic heterocycles. The topological polar surface area (TPSA) is 35.2 Å². The summed E-state index contributed by atoms with van der Waals surface area (Å²) >= 11 is 0. The zero-order chi connectivity index (χ0) is 12.2. The van der Waals surface area contributed by atoms with Gasteiger partial charge in [-0.25, -0.2) is 4.98 Å². The molecule has 0 bridgehead atoms. The summed E-state index contributed by atoms with van der Waals surface area (Å²) in [5.74, 6) is 1.10. The quantitative estimate of drug-likeness (QED) is 0.887. The molecule has 2 fully saturated rings. The lowest BCUT2D eigenvalue weighted by Crippen LogP contribution is -2.36. The van der Waals surface area contributed by atoms with E-state index in [4.69, 9.17) is 0 Å². The highest BCUT2D eigenvalue weighted by Crippen LogP contribution is 2.24. The first kappa shape index (κ1) is 12.2. The molecule has 100 valence electrons. The molecule has 1 N–H and O–H groups in total. The van der Waals surface area contributed by atoms with Crippen molar-refractivity contribution in [2.24, 2.45) is 0 Å². The summed E-state index contributed by atoms with van der Waals surface area (Å²) in [6.45, 7) is 5.91. The smallest absolute Gasteiger partial charge is 0.120 e. The van der Waals surface area contributed by atoms with Gasteiger partial charge >= 0.3 is 0 Å². The van der Waals surface area contributed by atoms with Crippen molar-refractivity contribution >= 4 is 0 Å². The Morgan fingerprint density at radius 1 is 1.11 bits per heavy atom. The first-order valence-electron chi connectivity index (χ1n) is 7.36. The van der Waals surface area contributed by atoms with Crippen LogP contribution in [-0.4, -0.2) is 52.0 Å². The second-order valence-corrected chi connectivity index (χ2v) is 5.64. The summed E-state index contributed by atoms with van der Waals surface area (Å²) in [6, 6.07) is 0.883. The maximum Gasteiger partial charge on any atom is 0.120 e. The van der Waals surface area contributed by atoms with E-state index in [1.54, 1.807) is 0 Å². The molecule has 0 spiro atoms. The third-order valence-corrected chi connectivity index (χ3v) is 4.39. The van der Waals surface area contributed by atoms with Gasteiger partial charge in [0.25, 0.3) is 0 Å². The minimum absolute atomic E-state index is 0.883. The minimum atomic E-state index is 0.883. The standard InChI is InChI=1S/C14H24N4/c1-2-5-13(4-1)18-9-3-8-17(10-11-18)12-14-15-6-7-16-14/h6-7,13H,1-5,8-12H2,(H,15,16). The van der Waals surface area contributed by atoms with Gasteiger partial charge in [-0.3, -0.25) is 9.80 Å². The molecule has 2 aliphatic rings. The molecule has 3 rings (SSSR count). The molecular weight excluding hydrogens is 224 g/mol. The number of H-pyrrole nitrogens is 1. The van der Waals surface area contributed by atoms with Crippen LogP contribution in [0.15, 0.2) is 12.4 Å². The first-order valence-corrected chi connectivity index (χ1v) is 7.36. The Balaban J connectivity index is 1.51. The molecule has 1 saturated carbocycles. The highest BCUT2D eigenvalue weighted by molar-refractivity contribution is 4.88. The Morgan fingerprint density at radius 2 is 2.00 bits per heavy atom. The van der Waals surface area contributed by atoms with Crippen LogP contribution in [0.2, 0.25) is 0 Å². The zero-order valence-corrected chi connectivity index (χ0v) is 11.1. The van der Waals surface area contributed by atoms with Crippen molar-refractivity contribution in [1.29, 1.82) is 0 Å². The third kappa shape index (κ3) is 2.93. The molecule has 1 aliphatic heterocycles. The fraction of sp³-hybridized carbons (Fsp3) is 0.786. The molecule has 2 heterocycles. The van der Waals surface area contributed by atoms with E-state index in [2.05, 4.69) is 19.8 Å². The Bertz CT molecular complexity index is 343. The number of rotatable bonds is 3. The van der Waals surface area contributed by atoms with Crippen LogP contribution < -0.4 is 0 Å². The molecule has 18 heavy (non-hydrogen) atoms. The van der Waals surface area contributed by atoms with E-state index in [-0.39, 0.29) is 0 Å². The number of imidazole rings is 1. The molecule has 1 aliphatic carbocycles. The fourth-order valence-corrected chi connectivity index (χ4v) is 3.38. The first-order chi connectivity index (χ1) is 8.92. The number of hydrogen-bond donors (Lipinski definition) is 1. The van der Waals surface area contributed by atoms with Crippen LogP contribution in [0.5, 0.6) is 0 Å². The van der Waals surface area contributed by atoms with E-state index in [0.717, 1.165) is 18.4 Å². The summed E-state index contributed by atoms with van der Waals surface area (Å²) in [4.78, 5) is 12.8. The SMILES string of the molecule is c1c[nH]c(CN2CCCN(C3CCCC3)CC2)n1.